The molecule has 0 atom stereocenters. The highest BCUT2D eigenvalue weighted by Gasteiger charge is 2.35. The molecule has 1 rings (SSSR count). The fraction of sp³-hybridized carbons (Fsp3) is 0.750. The Morgan fingerprint density at radius 3 is 2.25 bits per heavy atom. The molecular weight excluding hydrogens is 208 g/mol. The molecule has 4 heteroatoms. The van der Waals surface area contributed by atoms with Gasteiger partial charge >= 0.3 is 5.97 Å². The Kier molecular flexibility index (Phi) is 4.10. The number of hydrogen-bond donors (Lipinski definition) is 1. The summed E-state index contributed by atoms with van der Waals surface area (Å²) in [6, 6.07) is 0. The second-order valence-electron chi connectivity index (χ2n) is 4.40. The van der Waals surface area contributed by atoms with Crippen LogP contribution in [0.3, 0.4) is 0 Å². The summed E-state index contributed by atoms with van der Waals surface area (Å²) in [6.07, 6.45) is 1.01. The van der Waals surface area contributed by atoms with Gasteiger partial charge in [0.2, 0.25) is 0 Å². The van der Waals surface area contributed by atoms with Crippen LogP contribution in [0.15, 0.2) is 11.1 Å². The third kappa shape index (κ3) is 2.62. The molecule has 1 aliphatic heterocycles. The van der Waals surface area contributed by atoms with Crippen molar-refractivity contribution < 1.29 is 19.4 Å². The van der Waals surface area contributed by atoms with Gasteiger partial charge < -0.3 is 14.6 Å². The van der Waals surface area contributed by atoms with Crippen LogP contribution in [-0.4, -0.2) is 30.1 Å². The van der Waals surface area contributed by atoms with Crippen molar-refractivity contribution in [2.75, 3.05) is 13.2 Å². The predicted octanol–water partition coefficient (Wildman–Crippen LogP) is 2.20. The molecule has 0 amide bonds. The van der Waals surface area contributed by atoms with Crippen molar-refractivity contribution in [2.24, 2.45) is 5.92 Å². The van der Waals surface area contributed by atoms with Gasteiger partial charge in [-0.2, -0.15) is 0 Å². The predicted molar refractivity (Wildman–Crippen MR) is 60.1 cm³/mol. The highest BCUT2D eigenvalue weighted by atomic mass is 16.7. The summed E-state index contributed by atoms with van der Waals surface area (Å²) in [4.78, 5) is 10.9. The molecule has 0 aromatic heterocycles. The maximum absolute atomic E-state index is 10.9. The van der Waals surface area contributed by atoms with E-state index in [1.54, 1.807) is 20.8 Å². The molecule has 0 aromatic carbocycles. The molecule has 0 bridgehead atoms. The van der Waals surface area contributed by atoms with Gasteiger partial charge in [0, 0.05) is 11.5 Å². The average Bonchev–Trinajstić information content (AvgIpc) is 2.28. The third-order valence-corrected chi connectivity index (χ3v) is 3.33. The Morgan fingerprint density at radius 2 is 1.88 bits per heavy atom. The van der Waals surface area contributed by atoms with Crippen molar-refractivity contribution in [1.82, 2.24) is 0 Å². The van der Waals surface area contributed by atoms with Gasteiger partial charge in [0.25, 0.3) is 0 Å². The summed E-state index contributed by atoms with van der Waals surface area (Å²) in [5.41, 5.74) is 0.923. The van der Waals surface area contributed by atoms with Crippen LogP contribution >= 0.6 is 0 Å². The van der Waals surface area contributed by atoms with Crippen molar-refractivity contribution >= 4 is 5.97 Å². The van der Waals surface area contributed by atoms with E-state index in [0.29, 0.717) is 24.7 Å². The molecule has 1 aliphatic rings. The van der Waals surface area contributed by atoms with Crippen LogP contribution in [0.4, 0.5) is 0 Å². The lowest BCUT2D eigenvalue weighted by molar-refractivity contribution is -0.251. The number of rotatable bonds is 3. The Morgan fingerprint density at radius 1 is 1.38 bits per heavy atom. The number of carboxylic acids is 1. The smallest absolute Gasteiger partial charge is 0.331 e. The van der Waals surface area contributed by atoms with Crippen LogP contribution < -0.4 is 0 Å². The largest absolute Gasteiger partial charge is 0.478 e. The van der Waals surface area contributed by atoms with E-state index in [0.717, 1.165) is 6.42 Å². The lowest BCUT2D eigenvalue weighted by atomic mass is 10.0. The van der Waals surface area contributed by atoms with E-state index in [1.807, 2.05) is 0 Å². The fourth-order valence-corrected chi connectivity index (χ4v) is 1.60. The highest BCUT2D eigenvalue weighted by Crippen LogP contribution is 2.31. The summed E-state index contributed by atoms with van der Waals surface area (Å²) in [7, 11) is 0. The van der Waals surface area contributed by atoms with E-state index >= 15 is 0 Å². The van der Waals surface area contributed by atoms with E-state index in [-0.39, 0.29) is 5.57 Å². The zero-order valence-electron chi connectivity index (χ0n) is 10.4. The molecule has 0 saturated carbocycles. The Labute approximate surface area is 96.2 Å². The summed E-state index contributed by atoms with van der Waals surface area (Å²) < 4.78 is 11.3. The van der Waals surface area contributed by atoms with Crippen molar-refractivity contribution in [1.29, 1.82) is 0 Å². The Balaban J connectivity index is 2.81. The van der Waals surface area contributed by atoms with Gasteiger partial charge in [0.1, 0.15) is 0 Å². The lowest BCUT2D eigenvalue weighted by Gasteiger charge is -2.38. The van der Waals surface area contributed by atoms with Crippen LogP contribution in [0.5, 0.6) is 0 Å². The Hall–Kier alpha value is -0.870. The molecule has 4 nitrogen and oxygen atoms in total. The second kappa shape index (κ2) is 4.97. The van der Waals surface area contributed by atoms with Crippen LogP contribution in [0.2, 0.25) is 0 Å². The van der Waals surface area contributed by atoms with E-state index in [1.165, 1.54) is 0 Å². The number of ether oxygens (including phenoxy) is 2. The molecule has 92 valence electrons. The summed E-state index contributed by atoms with van der Waals surface area (Å²) in [5.74, 6) is -1.40. The summed E-state index contributed by atoms with van der Waals surface area (Å²) in [6.45, 7) is 8.43. The van der Waals surface area contributed by atoms with Crippen molar-refractivity contribution in [3.63, 3.8) is 0 Å². The number of hydrogen-bond acceptors (Lipinski definition) is 3. The van der Waals surface area contributed by atoms with E-state index in [2.05, 4.69) is 6.92 Å². The molecule has 1 heterocycles. The molecular formula is C12H20O4. The maximum atomic E-state index is 10.9. The first-order valence-corrected chi connectivity index (χ1v) is 5.60. The zero-order chi connectivity index (χ0) is 12.3. The van der Waals surface area contributed by atoms with Crippen LogP contribution in [0.25, 0.3) is 0 Å². The number of carbonyl (C=O) groups is 1. The molecule has 1 N–H and O–H groups in total. The van der Waals surface area contributed by atoms with E-state index in [9.17, 15) is 4.79 Å². The number of carboxylic acid groups (broad SMARTS) is 1. The molecule has 0 unspecified atom stereocenters. The quantitative estimate of drug-likeness (QED) is 0.752. The summed E-state index contributed by atoms with van der Waals surface area (Å²) >= 11 is 0. The topological polar surface area (TPSA) is 55.8 Å². The fourth-order valence-electron chi connectivity index (χ4n) is 1.60. The van der Waals surface area contributed by atoms with E-state index < -0.39 is 11.8 Å². The Bertz CT molecular complexity index is 298. The van der Waals surface area contributed by atoms with Crippen LogP contribution in [0.1, 0.15) is 34.1 Å². The van der Waals surface area contributed by atoms with Gasteiger partial charge in [-0.3, -0.25) is 0 Å². The SMILES string of the molecule is CCC1COC(C)(C(C)=C(C)C(=O)O)OC1. The van der Waals surface area contributed by atoms with Gasteiger partial charge in [0.05, 0.1) is 13.2 Å². The molecule has 16 heavy (non-hydrogen) atoms. The molecule has 0 aliphatic carbocycles. The third-order valence-electron chi connectivity index (χ3n) is 3.33. The van der Waals surface area contributed by atoms with Gasteiger partial charge in [-0.25, -0.2) is 4.79 Å². The highest BCUT2D eigenvalue weighted by molar-refractivity contribution is 5.87. The van der Waals surface area contributed by atoms with Crippen molar-refractivity contribution in [3.8, 4) is 0 Å². The molecule has 0 spiro atoms. The molecule has 1 fully saturated rings. The minimum absolute atomic E-state index is 0.289. The van der Waals surface area contributed by atoms with Crippen LogP contribution in [0, 0.1) is 5.92 Å². The first kappa shape index (κ1) is 13.2. The maximum Gasteiger partial charge on any atom is 0.331 e. The summed E-state index contributed by atoms with van der Waals surface area (Å²) in [5, 5.41) is 8.93. The number of aliphatic carboxylic acids is 1. The second-order valence-corrected chi connectivity index (χ2v) is 4.40. The lowest BCUT2D eigenvalue weighted by Crippen LogP contribution is -2.43. The molecule has 0 aromatic rings. The van der Waals surface area contributed by atoms with Crippen molar-refractivity contribution in [3.05, 3.63) is 11.1 Å². The normalized spacial score (nSPS) is 32.1. The van der Waals surface area contributed by atoms with Gasteiger partial charge in [0.15, 0.2) is 5.79 Å². The minimum Gasteiger partial charge on any atom is -0.478 e. The first-order valence-electron chi connectivity index (χ1n) is 5.60. The minimum atomic E-state index is -0.927. The van der Waals surface area contributed by atoms with E-state index in [4.69, 9.17) is 14.6 Å². The zero-order valence-corrected chi connectivity index (χ0v) is 10.4. The molecule has 1 saturated heterocycles. The van der Waals surface area contributed by atoms with Crippen molar-refractivity contribution in [2.45, 2.75) is 39.9 Å². The monoisotopic (exact) mass is 228 g/mol. The standard InChI is InChI=1S/C12H20O4/c1-5-10-6-15-12(4,16-7-10)9(3)8(2)11(13)14/h10H,5-7H2,1-4H3,(H,13,14). The first-order chi connectivity index (χ1) is 7.40. The van der Waals surface area contributed by atoms with Gasteiger partial charge in [-0.15, -0.1) is 0 Å². The van der Waals surface area contributed by atoms with Gasteiger partial charge in [-0.05, 0) is 32.8 Å². The van der Waals surface area contributed by atoms with Gasteiger partial charge in [-0.1, -0.05) is 6.92 Å². The average molecular weight is 228 g/mol. The van der Waals surface area contributed by atoms with Crippen LogP contribution in [-0.2, 0) is 14.3 Å². The molecule has 0 radical (unpaired) electrons.